The second kappa shape index (κ2) is 5.61. The van der Waals surface area contributed by atoms with Gasteiger partial charge in [-0.05, 0) is 66.1 Å². The van der Waals surface area contributed by atoms with Gasteiger partial charge in [-0.3, -0.25) is 4.55 Å². The highest BCUT2D eigenvalue weighted by Gasteiger charge is 2.20. The third-order valence-electron chi connectivity index (χ3n) is 4.64. The Morgan fingerprint density at radius 1 is 0.792 bits per heavy atom. The van der Waals surface area contributed by atoms with Crippen molar-refractivity contribution >= 4 is 20.9 Å². The molecule has 3 rings (SSSR count). The van der Waals surface area contributed by atoms with Gasteiger partial charge in [-0.25, -0.2) is 0 Å². The van der Waals surface area contributed by atoms with E-state index < -0.39 is 10.1 Å². The summed E-state index contributed by atoms with van der Waals surface area (Å²) in [7, 11) is -4.31. The summed E-state index contributed by atoms with van der Waals surface area (Å²) < 4.78 is 33.0. The quantitative estimate of drug-likeness (QED) is 0.678. The first-order valence-corrected chi connectivity index (χ1v) is 8.95. The van der Waals surface area contributed by atoms with Crippen molar-refractivity contribution in [2.45, 2.75) is 25.7 Å². The summed E-state index contributed by atoms with van der Waals surface area (Å²) in [5.41, 5.74) is 3.84. The van der Waals surface area contributed by atoms with E-state index in [4.69, 9.17) is 0 Å². The number of fused-ring (bicyclic) bond motifs is 1. The average Bonchev–Trinajstić information content (AvgIpc) is 2.53. The first kappa shape index (κ1) is 16.5. The summed E-state index contributed by atoms with van der Waals surface area (Å²) in [6.45, 7) is 5.45. The molecule has 0 radical (unpaired) electrons. The fraction of sp³-hybridized carbons (Fsp3) is 0.158. The molecule has 0 bridgehead atoms. The van der Waals surface area contributed by atoms with E-state index in [0.29, 0.717) is 10.9 Å². The topological polar surface area (TPSA) is 74.6 Å². The zero-order valence-corrected chi connectivity index (χ0v) is 14.5. The molecule has 0 aliphatic heterocycles. The van der Waals surface area contributed by atoms with Crippen molar-refractivity contribution in [3.63, 3.8) is 0 Å². The molecule has 0 heterocycles. The van der Waals surface area contributed by atoms with Gasteiger partial charge >= 0.3 is 0 Å². The molecular weight excluding hydrogens is 324 g/mol. The maximum absolute atomic E-state index is 11.7. The van der Waals surface area contributed by atoms with Crippen LogP contribution in [-0.2, 0) is 10.1 Å². The van der Waals surface area contributed by atoms with Crippen LogP contribution < -0.4 is 0 Å². The maximum atomic E-state index is 11.7. The standard InChI is InChI=1S/C19H18O4S/c1-11-12(2)17(10-19(13(11)3)24(21,22)23)15-8-9-18(20)16-7-5-4-6-14(15)16/h4-10,20H,1-3H3,(H,21,22,23). The average molecular weight is 342 g/mol. The lowest BCUT2D eigenvalue weighted by molar-refractivity contribution is 0.481. The Hall–Kier alpha value is -2.37. The summed E-state index contributed by atoms with van der Waals surface area (Å²) in [6.07, 6.45) is 0. The minimum absolute atomic E-state index is 0.0854. The largest absolute Gasteiger partial charge is 0.507 e. The summed E-state index contributed by atoms with van der Waals surface area (Å²) in [5, 5.41) is 11.6. The molecule has 124 valence electrons. The van der Waals surface area contributed by atoms with Gasteiger partial charge in [0.15, 0.2) is 0 Å². The van der Waals surface area contributed by atoms with Gasteiger partial charge in [0.1, 0.15) is 5.75 Å². The molecule has 0 saturated carbocycles. The van der Waals surface area contributed by atoms with Crippen molar-refractivity contribution in [1.29, 1.82) is 0 Å². The lowest BCUT2D eigenvalue weighted by atomic mass is 9.91. The van der Waals surface area contributed by atoms with Gasteiger partial charge in [-0.15, -0.1) is 0 Å². The molecule has 3 aromatic rings. The van der Waals surface area contributed by atoms with Crippen molar-refractivity contribution in [3.05, 3.63) is 59.2 Å². The van der Waals surface area contributed by atoms with Gasteiger partial charge in [0.05, 0.1) is 4.90 Å². The fourth-order valence-corrected chi connectivity index (χ4v) is 3.89. The Bertz CT molecular complexity index is 1070. The highest BCUT2D eigenvalue weighted by Crippen LogP contribution is 2.38. The van der Waals surface area contributed by atoms with E-state index >= 15 is 0 Å². The van der Waals surface area contributed by atoms with Crippen LogP contribution >= 0.6 is 0 Å². The Morgan fingerprint density at radius 3 is 2.04 bits per heavy atom. The highest BCUT2D eigenvalue weighted by molar-refractivity contribution is 7.85. The SMILES string of the molecule is Cc1c(-c2ccc(O)c3ccccc23)cc(S(=O)(=O)O)c(C)c1C. The Labute approximate surface area is 141 Å². The van der Waals surface area contributed by atoms with Gasteiger partial charge in [-0.2, -0.15) is 8.42 Å². The predicted molar refractivity (Wildman–Crippen MR) is 95.1 cm³/mol. The van der Waals surface area contributed by atoms with Crippen molar-refractivity contribution in [2.75, 3.05) is 0 Å². The summed E-state index contributed by atoms with van der Waals surface area (Å²) >= 11 is 0. The van der Waals surface area contributed by atoms with Gasteiger partial charge < -0.3 is 5.11 Å². The number of rotatable bonds is 2. The fourth-order valence-electron chi connectivity index (χ4n) is 3.08. The number of phenolic OH excluding ortho intramolecular Hbond substituents is 1. The summed E-state index contributed by atoms with van der Waals surface area (Å²) in [4.78, 5) is -0.0854. The number of hydrogen-bond donors (Lipinski definition) is 2. The minimum Gasteiger partial charge on any atom is -0.507 e. The Balaban J connectivity index is 2.44. The van der Waals surface area contributed by atoms with Crippen molar-refractivity contribution in [3.8, 4) is 16.9 Å². The second-order valence-corrected chi connectivity index (χ2v) is 7.34. The van der Waals surface area contributed by atoms with E-state index in [2.05, 4.69) is 0 Å². The molecule has 5 heteroatoms. The minimum atomic E-state index is -4.31. The second-order valence-electron chi connectivity index (χ2n) is 5.95. The molecule has 0 unspecified atom stereocenters. The van der Waals surface area contributed by atoms with Crippen LogP contribution in [0.1, 0.15) is 16.7 Å². The first-order chi connectivity index (χ1) is 11.2. The van der Waals surface area contributed by atoms with E-state index in [-0.39, 0.29) is 10.6 Å². The number of benzene rings is 3. The van der Waals surface area contributed by atoms with Crippen LogP contribution in [0.2, 0.25) is 0 Å². The van der Waals surface area contributed by atoms with Gasteiger partial charge in [0.25, 0.3) is 10.1 Å². The van der Waals surface area contributed by atoms with E-state index in [0.717, 1.165) is 27.6 Å². The molecule has 0 atom stereocenters. The normalized spacial score (nSPS) is 11.8. The summed E-state index contributed by atoms with van der Waals surface area (Å²) in [6, 6.07) is 12.3. The molecule has 0 fully saturated rings. The molecule has 0 aromatic heterocycles. The van der Waals surface area contributed by atoms with Crippen LogP contribution in [0.5, 0.6) is 5.75 Å². The smallest absolute Gasteiger partial charge is 0.294 e. The molecule has 24 heavy (non-hydrogen) atoms. The maximum Gasteiger partial charge on any atom is 0.294 e. The monoisotopic (exact) mass is 342 g/mol. The van der Waals surface area contributed by atoms with Crippen molar-refractivity contribution < 1.29 is 18.1 Å². The predicted octanol–water partition coefficient (Wildman–Crippen LogP) is 4.38. The number of phenols is 1. The lowest BCUT2D eigenvalue weighted by Crippen LogP contribution is -2.05. The van der Waals surface area contributed by atoms with E-state index in [1.807, 2.05) is 38.1 Å². The van der Waals surface area contributed by atoms with Gasteiger partial charge in [0, 0.05) is 5.39 Å². The molecular formula is C19H18O4S. The molecule has 0 saturated heterocycles. The van der Waals surface area contributed by atoms with Crippen LogP contribution in [0.15, 0.2) is 47.4 Å². The van der Waals surface area contributed by atoms with Crippen LogP contribution in [-0.4, -0.2) is 18.1 Å². The van der Waals surface area contributed by atoms with Gasteiger partial charge in [0.2, 0.25) is 0 Å². The molecule has 0 amide bonds. The van der Waals surface area contributed by atoms with Crippen LogP contribution in [0.4, 0.5) is 0 Å². The number of aromatic hydroxyl groups is 1. The number of hydrogen-bond acceptors (Lipinski definition) is 3. The zero-order chi connectivity index (χ0) is 17.6. The molecule has 0 aliphatic carbocycles. The van der Waals surface area contributed by atoms with Crippen molar-refractivity contribution in [1.82, 2.24) is 0 Å². The lowest BCUT2D eigenvalue weighted by Gasteiger charge is -2.17. The third-order valence-corrected chi connectivity index (χ3v) is 5.62. The van der Waals surface area contributed by atoms with Gasteiger partial charge in [-0.1, -0.05) is 30.3 Å². The molecule has 0 aliphatic rings. The van der Waals surface area contributed by atoms with Crippen LogP contribution in [0.25, 0.3) is 21.9 Å². The Morgan fingerprint density at radius 2 is 1.42 bits per heavy atom. The molecule has 2 N–H and O–H groups in total. The first-order valence-electron chi connectivity index (χ1n) is 7.51. The van der Waals surface area contributed by atoms with Crippen LogP contribution in [0.3, 0.4) is 0 Å². The van der Waals surface area contributed by atoms with E-state index in [1.165, 1.54) is 6.07 Å². The zero-order valence-electron chi connectivity index (χ0n) is 13.7. The Kier molecular flexibility index (Phi) is 3.86. The highest BCUT2D eigenvalue weighted by atomic mass is 32.2. The van der Waals surface area contributed by atoms with E-state index in [9.17, 15) is 18.1 Å². The molecule has 4 nitrogen and oxygen atoms in total. The third kappa shape index (κ3) is 2.56. The van der Waals surface area contributed by atoms with Crippen LogP contribution in [0, 0.1) is 20.8 Å². The molecule has 0 spiro atoms. The van der Waals surface area contributed by atoms with E-state index in [1.54, 1.807) is 19.1 Å². The summed E-state index contributed by atoms with van der Waals surface area (Å²) in [5.74, 6) is 0.172. The van der Waals surface area contributed by atoms with Crippen molar-refractivity contribution in [2.24, 2.45) is 0 Å². The molecule has 3 aromatic carbocycles.